The fourth-order valence-corrected chi connectivity index (χ4v) is 3.29. The van der Waals surface area contributed by atoms with Crippen molar-refractivity contribution < 1.29 is 0 Å². The van der Waals surface area contributed by atoms with Gasteiger partial charge in [0.2, 0.25) is 0 Å². The summed E-state index contributed by atoms with van der Waals surface area (Å²) in [4.78, 5) is 5.74. The molecule has 0 aliphatic carbocycles. The van der Waals surface area contributed by atoms with Gasteiger partial charge in [-0.25, -0.2) is 4.98 Å². The minimum Gasteiger partial charge on any atom is -0.299 e. The van der Waals surface area contributed by atoms with Crippen molar-refractivity contribution in [3.05, 3.63) is 15.5 Å². The average molecular weight is 282 g/mol. The van der Waals surface area contributed by atoms with E-state index >= 15 is 0 Å². The molecule has 0 unspecified atom stereocenters. The van der Waals surface area contributed by atoms with E-state index in [1.807, 2.05) is 6.92 Å². The fraction of sp³-hybridized carbons (Fsp3) is 0.583. The number of thiazole rings is 1. The normalized spacial score (nSPS) is 11.1. The molecule has 98 valence electrons. The maximum atomic E-state index is 5.27. The molecule has 0 atom stereocenters. The van der Waals surface area contributed by atoms with E-state index < -0.39 is 0 Å². The zero-order valence-electron chi connectivity index (χ0n) is 11.0. The molecular weight excluding hydrogens is 264 g/mol. The summed E-state index contributed by atoms with van der Waals surface area (Å²) in [5.41, 5.74) is 1.05. The minimum absolute atomic E-state index is 0.691. The number of aromatic amines is 1. The Morgan fingerprint density at radius 3 is 2.78 bits per heavy atom. The summed E-state index contributed by atoms with van der Waals surface area (Å²) >= 11 is 7.00. The fourth-order valence-electron chi connectivity index (χ4n) is 1.90. The molecule has 2 aromatic heterocycles. The van der Waals surface area contributed by atoms with E-state index in [1.54, 1.807) is 11.3 Å². The monoisotopic (exact) mass is 282 g/mol. The van der Waals surface area contributed by atoms with Crippen LogP contribution in [0.25, 0.3) is 10.7 Å². The highest BCUT2D eigenvalue weighted by atomic mass is 32.1. The number of nitrogens with one attached hydrogen (secondary N) is 1. The van der Waals surface area contributed by atoms with E-state index in [4.69, 9.17) is 12.2 Å². The first-order chi connectivity index (χ1) is 8.67. The van der Waals surface area contributed by atoms with Crippen LogP contribution in [0.3, 0.4) is 0 Å². The molecule has 2 rings (SSSR count). The zero-order valence-corrected chi connectivity index (χ0v) is 12.6. The second kappa shape index (κ2) is 5.75. The van der Waals surface area contributed by atoms with Gasteiger partial charge in [-0.05, 0) is 38.4 Å². The Kier molecular flexibility index (Phi) is 4.29. The van der Waals surface area contributed by atoms with Crippen molar-refractivity contribution in [3.8, 4) is 10.7 Å². The molecule has 0 saturated heterocycles. The van der Waals surface area contributed by atoms with Gasteiger partial charge in [0.15, 0.2) is 10.6 Å². The Bertz CT molecular complexity index is 579. The molecule has 0 spiro atoms. The van der Waals surface area contributed by atoms with E-state index in [0.717, 1.165) is 42.2 Å². The first-order valence-electron chi connectivity index (χ1n) is 6.29. The lowest BCUT2D eigenvalue weighted by Crippen LogP contribution is -1.99. The number of H-pyrrole nitrogens is 1. The molecule has 1 N–H and O–H groups in total. The third kappa shape index (κ3) is 2.54. The lowest BCUT2D eigenvalue weighted by Gasteiger charge is -2.02. The maximum absolute atomic E-state index is 5.27. The predicted molar refractivity (Wildman–Crippen MR) is 77.5 cm³/mol. The standard InChI is InChI=1S/C12H18N4S2/c1-4-6-9-13-8(3)10(18-9)11-14-15-12(17)16(11)7-5-2/h4-7H2,1-3H3,(H,15,17). The summed E-state index contributed by atoms with van der Waals surface area (Å²) < 4.78 is 2.75. The van der Waals surface area contributed by atoms with Crippen LogP contribution >= 0.6 is 23.6 Å². The van der Waals surface area contributed by atoms with Gasteiger partial charge < -0.3 is 0 Å². The number of rotatable bonds is 5. The van der Waals surface area contributed by atoms with E-state index in [1.165, 1.54) is 5.01 Å². The summed E-state index contributed by atoms with van der Waals surface area (Å²) in [6.07, 6.45) is 3.19. The lowest BCUT2D eigenvalue weighted by molar-refractivity contribution is 0.675. The first-order valence-corrected chi connectivity index (χ1v) is 7.51. The van der Waals surface area contributed by atoms with Crippen LogP contribution in [0.5, 0.6) is 0 Å². The summed E-state index contributed by atoms with van der Waals surface area (Å²) in [5.74, 6) is 0.930. The Morgan fingerprint density at radius 2 is 2.11 bits per heavy atom. The molecular formula is C12H18N4S2. The Hall–Kier alpha value is -1.01. The highest BCUT2D eigenvalue weighted by Crippen LogP contribution is 2.29. The van der Waals surface area contributed by atoms with E-state index in [0.29, 0.717) is 4.77 Å². The van der Waals surface area contributed by atoms with Gasteiger partial charge in [0.05, 0.1) is 15.6 Å². The second-order valence-corrected chi connectivity index (χ2v) is 5.75. The molecule has 4 nitrogen and oxygen atoms in total. The van der Waals surface area contributed by atoms with Crippen LogP contribution in [-0.4, -0.2) is 19.7 Å². The molecule has 0 aliphatic heterocycles. The van der Waals surface area contributed by atoms with Crippen LogP contribution < -0.4 is 0 Å². The van der Waals surface area contributed by atoms with Gasteiger partial charge in [0.25, 0.3) is 0 Å². The van der Waals surface area contributed by atoms with Crippen LogP contribution in [0.1, 0.15) is 37.4 Å². The van der Waals surface area contributed by atoms with Gasteiger partial charge in [-0.15, -0.1) is 11.3 Å². The lowest BCUT2D eigenvalue weighted by atomic mass is 10.3. The molecule has 2 heterocycles. The van der Waals surface area contributed by atoms with Crippen molar-refractivity contribution in [2.24, 2.45) is 0 Å². The van der Waals surface area contributed by atoms with Crippen molar-refractivity contribution in [1.29, 1.82) is 0 Å². The summed E-state index contributed by atoms with van der Waals surface area (Å²) in [7, 11) is 0. The van der Waals surface area contributed by atoms with Gasteiger partial charge in [0.1, 0.15) is 0 Å². The van der Waals surface area contributed by atoms with Crippen LogP contribution in [0.2, 0.25) is 0 Å². The third-order valence-corrected chi connectivity index (χ3v) is 4.24. The summed E-state index contributed by atoms with van der Waals surface area (Å²) in [6.45, 7) is 7.24. The second-order valence-electron chi connectivity index (χ2n) is 4.28. The number of hydrogen-bond donors (Lipinski definition) is 1. The molecule has 6 heteroatoms. The number of nitrogens with zero attached hydrogens (tertiary/aromatic N) is 3. The van der Waals surface area contributed by atoms with Crippen molar-refractivity contribution in [2.75, 3.05) is 0 Å². The molecule has 0 aromatic carbocycles. The SMILES string of the molecule is CCCc1nc(C)c(-c2n[nH]c(=S)n2CCC)s1. The molecule has 0 bridgehead atoms. The number of aromatic nitrogens is 4. The Morgan fingerprint density at radius 1 is 1.33 bits per heavy atom. The number of hydrogen-bond acceptors (Lipinski definition) is 4. The van der Waals surface area contributed by atoms with Gasteiger partial charge in [0, 0.05) is 6.54 Å². The minimum atomic E-state index is 0.691. The smallest absolute Gasteiger partial charge is 0.195 e. The zero-order chi connectivity index (χ0) is 13.1. The van der Waals surface area contributed by atoms with Crippen LogP contribution in [0.15, 0.2) is 0 Å². The van der Waals surface area contributed by atoms with Crippen LogP contribution in [0, 0.1) is 11.7 Å². The van der Waals surface area contributed by atoms with Crippen molar-refractivity contribution in [1.82, 2.24) is 19.7 Å². The largest absolute Gasteiger partial charge is 0.299 e. The molecule has 18 heavy (non-hydrogen) atoms. The quantitative estimate of drug-likeness (QED) is 0.850. The first kappa shape index (κ1) is 13.4. The highest BCUT2D eigenvalue weighted by molar-refractivity contribution is 7.71. The molecule has 0 amide bonds. The van der Waals surface area contributed by atoms with Gasteiger partial charge in [-0.1, -0.05) is 13.8 Å². The summed E-state index contributed by atoms with van der Waals surface area (Å²) in [6, 6.07) is 0. The van der Waals surface area contributed by atoms with E-state index in [-0.39, 0.29) is 0 Å². The topological polar surface area (TPSA) is 46.5 Å². The van der Waals surface area contributed by atoms with Crippen molar-refractivity contribution in [2.45, 2.75) is 46.6 Å². The van der Waals surface area contributed by atoms with Crippen LogP contribution in [0.4, 0.5) is 0 Å². The van der Waals surface area contributed by atoms with Gasteiger partial charge in [-0.2, -0.15) is 5.10 Å². The highest BCUT2D eigenvalue weighted by Gasteiger charge is 2.15. The number of aryl methyl sites for hydroxylation is 2. The predicted octanol–water partition coefficient (Wildman–Crippen LogP) is 3.74. The molecule has 0 aliphatic rings. The third-order valence-electron chi connectivity index (χ3n) is 2.71. The average Bonchev–Trinajstić information content (AvgIpc) is 2.85. The maximum Gasteiger partial charge on any atom is 0.195 e. The van der Waals surface area contributed by atoms with Crippen LogP contribution in [-0.2, 0) is 13.0 Å². The molecule has 0 radical (unpaired) electrons. The molecule has 2 aromatic rings. The molecule has 0 fully saturated rings. The molecule has 0 saturated carbocycles. The summed E-state index contributed by atoms with van der Waals surface area (Å²) in [5, 5.41) is 8.42. The van der Waals surface area contributed by atoms with E-state index in [2.05, 4.69) is 33.6 Å². The van der Waals surface area contributed by atoms with Gasteiger partial charge in [-0.3, -0.25) is 9.67 Å². The van der Waals surface area contributed by atoms with Crippen molar-refractivity contribution >= 4 is 23.6 Å². The Labute approximate surface area is 116 Å². The van der Waals surface area contributed by atoms with Crippen molar-refractivity contribution in [3.63, 3.8) is 0 Å². The Balaban J connectivity index is 2.45. The van der Waals surface area contributed by atoms with Gasteiger partial charge >= 0.3 is 0 Å². The van der Waals surface area contributed by atoms with E-state index in [9.17, 15) is 0 Å².